The molecule has 0 bridgehead atoms. The molecule has 0 N–H and O–H groups in total. The minimum atomic E-state index is -0.464. The van der Waals surface area contributed by atoms with Crippen LogP contribution in [-0.2, 0) is 11.3 Å². The number of aromatic nitrogens is 1. The number of hydrogen-bond acceptors (Lipinski definition) is 3. The third-order valence-electron chi connectivity index (χ3n) is 5.07. The molecular formula is C22H18ClFN2OS. The lowest BCUT2D eigenvalue weighted by molar-refractivity contribution is -0.127. The van der Waals surface area contributed by atoms with Crippen LogP contribution in [0.5, 0.6) is 0 Å². The fourth-order valence-electron chi connectivity index (χ4n) is 3.72. The van der Waals surface area contributed by atoms with Crippen molar-refractivity contribution >= 4 is 28.8 Å². The molecule has 3 nitrogen and oxygen atoms in total. The molecule has 0 fully saturated rings. The van der Waals surface area contributed by atoms with Crippen molar-refractivity contribution in [3.63, 3.8) is 0 Å². The largest absolute Gasteiger partial charge is 0.333 e. The lowest BCUT2D eigenvalue weighted by Gasteiger charge is -2.33. The van der Waals surface area contributed by atoms with Gasteiger partial charge in [0.05, 0.1) is 10.9 Å². The van der Waals surface area contributed by atoms with E-state index >= 15 is 0 Å². The molecule has 1 amide bonds. The number of benzene rings is 1. The van der Waals surface area contributed by atoms with Crippen LogP contribution in [0.3, 0.4) is 0 Å². The molecule has 4 rings (SSSR count). The topological polar surface area (TPSA) is 33.2 Å². The molecule has 1 aromatic carbocycles. The van der Waals surface area contributed by atoms with Gasteiger partial charge in [-0.1, -0.05) is 42.4 Å². The van der Waals surface area contributed by atoms with Crippen molar-refractivity contribution in [1.82, 2.24) is 9.88 Å². The Kier molecular flexibility index (Phi) is 5.04. The highest BCUT2D eigenvalue weighted by molar-refractivity contribution is 7.16. The Morgan fingerprint density at radius 3 is 2.89 bits per heavy atom. The fourth-order valence-corrected chi connectivity index (χ4v) is 5.07. The molecule has 28 heavy (non-hydrogen) atoms. The van der Waals surface area contributed by atoms with Crippen molar-refractivity contribution in [2.75, 3.05) is 6.54 Å². The van der Waals surface area contributed by atoms with Gasteiger partial charge in [0.15, 0.2) is 0 Å². The lowest BCUT2D eigenvalue weighted by atomic mass is 9.84. The standard InChI is InChI=1S/C22H18ClFN2OS/c1-3-21(27)26-11-18(17-9-20(23)28-19(17)12-26)16-7-5-4-6-15(16)14-8-13(2)22(24)25-10-14/h3-10,18H,1,11-12H2,2H3/t18-/m1/s1. The number of halogens is 2. The van der Waals surface area contributed by atoms with Crippen LogP contribution >= 0.6 is 22.9 Å². The van der Waals surface area contributed by atoms with Gasteiger partial charge in [-0.05, 0) is 41.8 Å². The molecule has 1 aliphatic rings. The van der Waals surface area contributed by atoms with Gasteiger partial charge in [-0.3, -0.25) is 4.79 Å². The van der Waals surface area contributed by atoms with Crippen molar-refractivity contribution < 1.29 is 9.18 Å². The maximum Gasteiger partial charge on any atom is 0.246 e. The quantitative estimate of drug-likeness (QED) is 0.416. The fraction of sp³-hybridized carbons (Fsp3) is 0.182. The van der Waals surface area contributed by atoms with Gasteiger partial charge in [0, 0.05) is 34.7 Å². The predicted molar refractivity (Wildman–Crippen MR) is 111 cm³/mol. The smallest absolute Gasteiger partial charge is 0.246 e. The van der Waals surface area contributed by atoms with E-state index in [1.807, 2.05) is 24.3 Å². The lowest BCUT2D eigenvalue weighted by Crippen LogP contribution is -2.37. The third-order valence-corrected chi connectivity index (χ3v) is 6.34. The van der Waals surface area contributed by atoms with Gasteiger partial charge in [-0.15, -0.1) is 11.3 Å². The summed E-state index contributed by atoms with van der Waals surface area (Å²) in [5.74, 6) is -0.594. The summed E-state index contributed by atoms with van der Waals surface area (Å²) < 4.78 is 14.4. The van der Waals surface area contributed by atoms with Crippen molar-refractivity contribution in [3.05, 3.63) is 87.1 Å². The molecule has 0 saturated heterocycles. The number of hydrogen-bond donors (Lipinski definition) is 0. The second-order valence-electron chi connectivity index (χ2n) is 6.82. The Bertz CT molecular complexity index is 1080. The zero-order valence-electron chi connectivity index (χ0n) is 15.3. The summed E-state index contributed by atoms with van der Waals surface area (Å²) in [6.07, 6.45) is 2.90. The highest BCUT2D eigenvalue weighted by Crippen LogP contribution is 2.42. The number of amides is 1. The van der Waals surface area contributed by atoms with Crippen LogP contribution in [-0.4, -0.2) is 22.3 Å². The summed E-state index contributed by atoms with van der Waals surface area (Å²) in [5.41, 5.74) is 4.53. The Labute approximate surface area is 172 Å². The zero-order chi connectivity index (χ0) is 19.8. The molecular weight excluding hydrogens is 395 g/mol. The van der Waals surface area contributed by atoms with E-state index in [9.17, 15) is 9.18 Å². The van der Waals surface area contributed by atoms with Crippen LogP contribution in [0, 0.1) is 12.9 Å². The first-order valence-electron chi connectivity index (χ1n) is 8.89. The van der Waals surface area contributed by atoms with E-state index in [-0.39, 0.29) is 11.8 Å². The van der Waals surface area contributed by atoms with E-state index in [4.69, 9.17) is 11.6 Å². The second kappa shape index (κ2) is 7.49. The molecule has 3 aromatic rings. The number of pyridine rings is 1. The maximum atomic E-state index is 13.7. The van der Waals surface area contributed by atoms with E-state index in [0.717, 1.165) is 27.1 Å². The molecule has 142 valence electrons. The van der Waals surface area contributed by atoms with Gasteiger partial charge >= 0.3 is 0 Å². The van der Waals surface area contributed by atoms with Crippen LogP contribution in [0.1, 0.15) is 27.5 Å². The molecule has 0 unspecified atom stereocenters. The number of rotatable bonds is 3. The first-order valence-corrected chi connectivity index (χ1v) is 10.1. The molecule has 0 saturated carbocycles. The van der Waals surface area contributed by atoms with Gasteiger partial charge in [0.25, 0.3) is 0 Å². The monoisotopic (exact) mass is 412 g/mol. The molecule has 0 aliphatic carbocycles. The van der Waals surface area contributed by atoms with Crippen LogP contribution in [0.15, 0.2) is 55.3 Å². The number of aryl methyl sites for hydroxylation is 1. The summed E-state index contributed by atoms with van der Waals surface area (Å²) in [7, 11) is 0. The molecule has 6 heteroatoms. The number of nitrogens with zero attached hydrogens (tertiary/aromatic N) is 2. The molecule has 3 heterocycles. The second-order valence-corrected chi connectivity index (χ2v) is 8.59. The highest BCUT2D eigenvalue weighted by atomic mass is 35.5. The summed E-state index contributed by atoms with van der Waals surface area (Å²) in [6, 6.07) is 11.8. The summed E-state index contributed by atoms with van der Waals surface area (Å²) in [5, 5.41) is 0. The van der Waals surface area contributed by atoms with Crippen molar-refractivity contribution in [1.29, 1.82) is 0 Å². The van der Waals surface area contributed by atoms with Crippen LogP contribution in [0.4, 0.5) is 4.39 Å². The highest BCUT2D eigenvalue weighted by Gasteiger charge is 2.31. The Morgan fingerprint density at radius 1 is 1.36 bits per heavy atom. The zero-order valence-corrected chi connectivity index (χ0v) is 16.9. The SMILES string of the molecule is C=CC(=O)N1Cc2sc(Cl)cc2[C@@H](c2ccccc2-c2cnc(F)c(C)c2)C1. The average molecular weight is 413 g/mol. The molecule has 1 atom stereocenters. The number of carbonyl (C=O) groups is 1. The normalized spacial score (nSPS) is 16.0. The molecule has 2 aromatic heterocycles. The summed E-state index contributed by atoms with van der Waals surface area (Å²) in [6.45, 7) is 6.40. The van der Waals surface area contributed by atoms with Gasteiger partial charge in [-0.25, -0.2) is 4.98 Å². The van der Waals surface area contributed by atoms with E-state index in [0.29, 0.717) is 23.0 Å². The number of fused-ring (bicyclic) bond motifs is 1. The van der Waals surface area contributed by atoms with Crippen molar-refractivity contribution in [2.24, 2.45) is 0 Å². The van der Waals surface area contributed by atoms with Gasteiger partial charge < -0.3 is 4.90 Å². The van der Waals surface area contributed by atoms with Crippen molar-refractivity contribution in [2.45, 2.75) is 19.4 Å². The first-order chi connectivity index (χ1) is 13.5. The summed E-state index contributed by atoms with van der Waals surface area (Å²) in [4.78, 5) is 19.1. The predicted octanol–water partition coefficient (Wildman–Crippen LogP) is 5.57. The van der Waals surface area contributed by atoms with E-state index in [2.05, 4.69) is 17.6 Å². The number of carbonyl (C=O) groups excluding carboxylic acids is 1. The van der Waals surface area contributed by atoms with Crippen LogP contribution < -0.4 is 0 Å². The van der Waals surface area contributed by atoms with E-state index in [1.165, 1.54) is 17.4 Å². The van der Waals surface area contributed by atoms with E-state index < -0.39 is 5.95 Å². The molecule has 0 spiro atoms. The first kappa shape index (κ1) is 18.8. The molecule has 0 radical (unpaired) electrons. The minimum Gasteiger partial charge on any atom is -0.333 e. The maximum absolute atomic E-state index is 13.7. The molecule has 1 aliphatic heterocycles. The van der Waals surface area contributed by atoms with E-state index in [1.54, 1.807) is 24.1 Å². The Morgan fingerprint density at radius 2 is 2.14 bits per heavy atom. The van der Waals surface area contributed by atoms with Gasteiger partial charge in [0.2, 0.25) is 11.9 Å². The minimum absolute atomic E-state index is 0.0297. The Hall–Kier alpha value is -2.50. The van der Waals surface area contributed by atoms with Gasteiger partial charge in [0.1, 0.15) is 0 Å². The van der Waals surface area contributed by atoms with Gasteiger partial charge in [-0.2, -0.15) is 4.39 Å². The third kappa shape index (κ3) is 3.36. The van der Waals surface area contributed by atoms with Crippen LogP contribution in [0.2, 0.25) is 4.34 Å². The van der Waals surface area contributed by atoms with Crippen LogP contribution in [0.25, 0.3) is 11.1 Å². The number of thiophene rings is 1. The Balaban J connectivity index is 1.85. The van der Waals surface area contributed by atoms with Crippen molar-refractivity contribution in [3.8, 4) is 11.1 Å². The average Bonchev–Trinajstić information content (AvgIpc) is 3.08. The summed E-state index contributed by atoms with van der Waals surface area (Å²) >= 11 is 7.80.